The van der Waals surface area contributed by atoms with E-state index in [-0.39, 0.29) is 13.0 Å². The molecule has 0 amide bonds. The molecule has 0 aliphatic heterocycles. The van der Waals surface area contributed by atoms with Crippen LogP contribution in [0, 0.1) is 0 Å². The monoisotopic (exact) mass is 471 g/mol. The van der Waals surface area contributed by atoms with Crippen LogP contribution in [0.5, 0.6) is 0 Å². The first-order valence-electron chi connectivity index (χ1n) is 10.2. The Balaban J connectivity index is 1.45. The van der Waals surface area contributed by atoms with Gasteiger partial charge in [-0.25, -0.2) is 4.79 Å². The van der Waals surface area contributed by atoms with Crippen molar-refractivity contribution >= 4 is 46.5 Å². The molecule has 0 saturated heterocycles. The molecule has 3 rings (SSSR count). The third-order valence-corrected chi connectivity index (χ3v) is 5.27. The zero-order valence-electron chi connectivity index (χ0n) is 17.4. The third-order valence-electron chi connectivity index (χ3n) is 4.64. The van der Waals surface area contributed by atoms with Gasteiger partial charge in [-0.2, -0.15) is 0 Å². The van der Waals surface area contributed by atoms with Crippen molar-refractivity contribution in [3.8, 4) is 0 Å². The van der Waals surface area contributed by atoms with Crippen molar-refractivity contribution in [1.82, 2.24) is 0 Å². The predicted molar refractivity (Wildman–Crippen MR) is 127 cm³/mol. The normalized spacial score (nSPS) is 10.4. The number of rotatable bonds is 10. The Bertz CT molecular complexity index is 1040. The van der Waals surface area contributed by atoms with E-state index in [1.54, 1.807) is 24.3 Å². The summed E-state index contributed by atoms with van der Waals surface area (Å²) in [6.45, 7) is -0.146. The summed E-state index contributed by atoms with van der Waals surface area (Å²) in [6.07, 6.45) is 1.49. The van der Waals surface area contributed by atoms with Gasteiger partial charge in [-0.15, -0.1) is 0 Å². The van der Waals surface area contributed by atoms with Crippen molar-refractivity contribution in [1.29, 1.82) is 0 Å². The molecule has 0 fully saturated rings. The fourth-order valence-electron chi connectivity index (χ4n) is 3.04. The second-order valence-corrected chi connectivity index (χ2v) is 7.84. The van der Waals surface area contributed by atoms with Crippen LogP contribution in [-0.2, 0) is 31.9 Å². The summed E-state index contributed by atoms with van der Waals surface area (Å²) in [5.41, 5.74) is 3.09. The minimum Gasteiger partial charge on any atom is -0.463 e. The lowest BCUT2D eigenvalue weighted by Crippen LogP contribution is -2.18. The maximum atomic E-state index is 12.3. The first-order valence-corrected chi connectivity index (χ1v) is 10.9. The summed E-state index contributed by atoms with van der Waals surface area (Å²) in [4.78, 5) is 24.1. The van der Waals surface area contributed by atoms with Gasteiger partial charge < -0.3 is 14.8 Å². The number of ether oxygens (including phenoxy) is 2. The maximum absolute atomic E-state index is 12.3. The number of esters is 2. The molecule has 0 atom stereocenters. The quantitative estimate of drug-likeness (QED) is 0.290. The molecule has 0 aromatic heterocycles. The second kappa shape index (κ2) is 12.1. The van der Waals surface area contributed by atoms with Crippen molar-refractivity contribution in [2.45, 2.75) is 19.3 Å². The van der Waals surface area contributed by atoms with Crippen molar-refractivity contribution < 1.29 is 19.1 Å². The summed E-state index contributed by atoms with van der Waals surface area (Å²) in [5, 5.41) is 4.09. The van der Waals surface area contributed by atoms with Crippen LogP contribution in [0.4, 0.5) is 11.4 Å². The van der Waals surface area contributed by atoms with Gasteiger partial charge in [-0.05, 0) is 42.2 Å². The molecule has 0 heterocycles. The fourth-order valence-corrected chi connectivity index (χ4v) is 3.53. The number of hydrogen-bond acceptors (Lipinski definition) is 5. The van der Waals surface area contributed by atoms with Gasteiger partial charge in [0.1, 0.15) is 0 Å². The van der Waals surface area contributed by atoms with Crippen LogP contribution in [0.15, 0.2) is 72.8 Å². The number of anilines is 2. The van der Waals surface area contributed by atoms with Crippen molar-refractivity contribution in [3.05, 3.63) is 94.0 Å². The van der Waals surface area contributed by atoms with E-state index in [2.05, 4.69) is 5.32 Å². The molecule has 7 heteroatoms. The lowest BCUT2D eigenvalue weighted by molar-refractivity contribution is -0.158. The molecule has 3 aromatic rings. The topological polar surface area (TPSA) is 64.6 Å². The van der Waals surface area contributed by atoms with Gasteiger partial charge in [0.2, 0.25) is 0 Å². The van der Waals surface area contributed by atoms with Crippen molar-refractivity contribution in [3.63, 3.8) is 0 Å². The highest BCUT2D eigenvalue weighted by atomic mass is 35.5. The van der Waals surface area contributed by atoms with Crippen LogP contribution in [-0.4, -0.2) is 25.2 Å². The number of hydrogen-bond donors (Lipinski definition) is 1. The van der Waals surface area contributed by atoms with E-state index in [9.17, 15) is 9.59 Å². The SMILES string of the molecule is O=C(COC(=O)Cc1ccccc1Nc1c(Cl)cccc1Cl)OCCCc1ccccc1. The number of carbonyl (C=O) groups is 2. The van der Waals surface area contributed by atoms with E-state index in [1.165, 1.54) is 5.56 Å². The first kappa shape index (κ1) is 23.6. The van der Waals surface area contributed by atoms with Crippen LogP contribution in [0.3, 0.4) is 0 Å². The first-order chi connectivity index (χ1) is 15.5. The summed E-state index contributed by atoms with van der Waals surface area (Å²) in [5.74, 6) is -1.11. The van der Waals surface area contributed by atoms with E-state index >= 15 is 0 Å². The zero-order valence-corrected chi connectivity index (χ0v) is 18.9. The van der Waals surface area contributed by atoms with E-state index in [1.807, 2.05) is 48.5 Å². The Kier molecular flexibility index (Phi) is 8.96. The minimum absolute atomic E-state index is 0.0213. The van der Waals surface area contributed by atoms with E-state index in [0.717, 1.165) is 6.42 Å². The van der Waals surface area contributed by atoms with Crippen LogP contribution < -0.4 is 5.32 Å². The largest absolute Gasteiger partial charge is 0.463 e. The van der Waals surface area contributed by atoms with Gasteiger partial charge in [0, 0.05) is 5.69 Å². The summed E-state index contributed by atoms with van der Waals surface area (Å²) >= 11 is 12.4. The van der Waals surface area contributed by atoms with Gasteiger partial charge in [-0.3, -0.25) is 4.79 Å². The Morgan fingerprint density at radius 1 is 0.781 bits per heavy atom. The Labute approximate surface area is 197 Å². The standard InChI is InChI=1S/C25H23Cl2NO4/c26-20-12-6-13-21(27)25(20)28-22-14-5-4-11-19(22)16-23(29)32-17-24(30)31-15-7-10-18-8-2-1-3-9-18/h1-6,8-9,11-14,28H,7,10,15-17H2. The highest BCUT2D eigenvalue weighted by molar-refractivity contribution is 6.39. The molecule has 1 N–H and O–H groups in total. The smallest absolute Gasteiger partial charge is 0.344 e. The highest BCUT2D eigenvalue weighted by Gasteiger charge is 2.14. The molecule has 32 heavy (non-hydrogen) atoms. The molecular formula is C25H23Cl2NO4. The molecule has 0 radical (unpaired) electrons. The molecule has 0 bridgehead atoms. The Hall–Kier alpha value is -3.02. The summed E-state index contributed by atoms with van der Waals surface area (Å²) in [6, 6.07) is 22.4. The molecule has 0 saturated carbocycles. The second-order valence-electron chi connectivity index (χ2n) is 7.03. The fraction of sp³-hybridized carbons (Fsp3) is 0.200. The van der Waals surface area contributed by atoms with Gasteiger partial charge in [0.15, 0.2) is 6.61 Å². The molecule has 3 aromatic carbocycles. The minimum atomic E-state index is -0.569. The molecular weight excluding hydrogens is 449 g/mol. The number of carbonyl (C=O) groups excluding carboxylic acids is 2. The molecule has 0 aliphatic rings. The third kappa shape index (κ3) is 7.29. The van der Waals surface area contributed by atoms with E-state index in [0.29, 0.717) is 33.4 Å². The molecule has 0 unspecified atom stereocenters. The Morgan fingerprint density at radius 2 is 1.47 bits per heavy atom. The number of halogens is 2. The number of aryl methyl sites for hydroxylation is 1. The van der Waals surface area contributed by atoms with Crippen LogP contribution in [0.25, 0.3) is 0 Å². The summed E-state index contributed by atoms with van der Waals surface area (Å²) in [7, 11) is 0. The molecule has 0 spiro atoms. The average molecular weight is 472 g/mol. The molecule has 0 aliphatic carbocycles. The van der Waals surface area contributed by atoms with Crippen LogP contribution >= 0.6 is 23.2 Å². The lowest BCUT2D eigenvalue weighted by Gasteiger charge is -2.14. The molecule has 5 nitrogen and oxygen atoms in total. The van der Waals surface area contributed by atoms with E-state index in [4.69, 9.17) is 32.7 Å². The van der Waals surface area contributed by atoms with Crippen molar-refractivity contribution in [2.75, 3.05) is 18.5 Å². The van der Waals surface area contributed by atoms with Gasteiger partial charge >= 0.3 is 11.9 Å². The summed E-state index contributed by atoms with van der Waals surface area (Å²) < 4.78 is 10.2. The number of para-hydroxylation sites is 2. The van der Waals surface area contributed by atoms with Gasteiger partial charge in [0.05, 0.1) is 28.8 Å². The van der Waals surface area contributed by atoms with Gasteiger partial charge in [0.25, 0.3) is 0 Å². The van der Waals surface area contributed by atoms with Crippen molar-refractivity contribution in [2.24, 2.45) is 0 Å². The number of nitrogens with one attached hydrogen (secondary N) is 1. The number of benzene rings is 3. The average Bonchev–Trinajstić information content (AvgIpc) is 2.79. The zero-order chi connectivity index (χ0) is 22.8. The highest BCUT2D eigenvalue weighted by Crippen LogP contribution is 2.33. The van der Waals surface area contributed by atoms with Crippen LogP contribution in [0.1, 0.15) is 17.5 Å². The van der Waals surface area contributed by atoms with Crippen LogP contribution in [0.2, 0.25) is 10.0 Å². The van der Waals surface area contributed by atoms with Gasteiger partial charge in [-0.1, -0.05) is 77.8 Å². The lowest BCUT2D eigenvalue weighted by atomic mass is 10.1. The maximum Gasteiger partial charge on any atom is 0.344 e. The van der Waals surface area contributed by atoms with E-state index < -0.39 is 18.5 Å². The molecule has 166 valence electrons. The Morgan fingerprint density at radius 3 is 2.22 bits per heavy atom. The predicted octanol–water partition coefficient (Wildman–Crippen LogP) is 6.00.